The number of nitrogens with one attached hydrogen (secondary N) is 2. The molecule has 1 heterocycles. The van der Waals surface area contributed by atoms with Crippen LogP contribution in [0.4, 0.5) is 5.69 Å². The second kappa shape index (κ2) is 7.83. The normalized spacial score (nSPS) is 17.5. The van der Waals surface area contributed by atoms with Crippen LogP contribution in [0.5, 0.6) is 5.75 Å². The highest BCUT2D eigenvalue weighted by atomic mass is 32.2. The fraction of sp³-hybridized carbons (Fsp3) is 0.625. The summed E-state index contributed by atoms with van der Waals surface area (Å²) in [6.07, 6.45) is 5.27. The average Bonchev–Trinajstić information content (AvgIpc) is 2.53. The van der Waals surface area contributed by atoms with Gasteiger partial charge in [0.1, 0.15) is 11.9 Å². The lowest BCUT2D eigenvalue weighted by Gasteiger charge is -2.26. The van der Waals surface area contributed by atoms with Crippen LogP contribution in [0.25, 0.3) is 0 Å². The van der Waals surface area contributed by atoms with Crippen molar-refractivity contribution in [3.8, 4) is 5.75 Å². The van der Waals surface area contributed by atoms with Crippen LogP contribution in [-0.2, 0) is 10.0 Å². The molecule has 0 amide bonds. The zero-order chi connectivity index (χ0) is 16.0. The highest BCUT2D eigenvalue weighted by Crippen LogP contribution is 2.31. The molecule has 1 atom stereocenters. The van der Waals surface area contributed by atoms with Gasteiger partial charge >= 0.3 is 0 Å². The molecule has 0 aliphatic carbocycles. The van der Waals surface area contributed by atoms with Gasteiger partial charge in [0.25, 0.3) is 0 Å². The Bertz CT molecular complexity index is 587. The highest BCUT2D eigenvalue weighted by molar-refractivity contribution is 7.89. The molecule has 0 saturated heterocycles. The number of benzene rings is 1. The summed E-state index contributed by atoms with van der Waals surface area (Å²) >= 11 is 0. The van der Waals surface area contributed by atoms with Gasteiger partial charge in [0.15, 0.2) is 0 Å². The van der Waals surface area contributed by atoms with Crippen LogP contribution in [0.15, 0.2) is 23.1 Å². The minimum absolute atomic E-state index is 0.145. The Balaban J connectivity index is 2.00. The van der Waals surface area contributed by atoms with Crippen molar-refractivity contribution >= 4 is 15.7 Å². The van der Waals surface area contributed by atoms with E-state index in [9.17, 15) is 8.42 Å². The number of hydrogen-bond acceptors (Lipinski definition) is 4. The Kier molecular flexibility index (Phi) is 6.08. The van der Waals surface area contributed by atoms with Crippen molar-refractivity contribution < 1.29 is 13.2 Å². The van der Waals surface area contributed by atoms with Crippen molar-refractivity contribution in [2.75, 3.05) is 18.4 Å². The molecule has 124 valence electrons. The molecule has 2 N–H and O–H groups in total. The van der Waals surface area contributed by atoms with Gasteiger partial charge in [-0.3, -0.25) is 0 Å². The minimum atomic E-state index is -3.45. The van der Waals surface area contributed by atoms with Crippen LogP contribution in [0, 0.1) is 0 Å². The highest BCUT2D eigenvalue weighted by Gasteiger charge is 2.21. The number of fused-ring (bicyclic) bond motifs is 1. The van der Waals surface area contributed by atoms with Crippen molar-refractivity contribution in [1.29, 1.82) is 0 Å². The molecule has 1 aliphatic heterocycles. The van der Waals surface area contributed by atoms with Gasteiger partial charge in [-0.2, -0.15) is 0 Å². The lowest BCUT2D eigenvalue weighted by molar-refractivity contribution is 0.201. The van der Waals surface area contributed by atoms with Gasteiger partial charge < -0.3 is 10.1 Å². The van der Waals surface area contributed by atoms with Gasteiger partial charge in [0.05, 0.1) is 17.1 Å². The molecule has 0 radical (unpaired) electrons. The predicted molar refractivity (Wildman–Crippen MR) is 89.0 cm³/mol. The summed E-state index contributed by atoms with van der Waals surface area (Å²) in [6.45, 7) is 5.40. The Morgan fingerprint density at radius 1 is 1.27 bits per heavy atom. The fourth-order valence-corrected chi connectivity index (χ4v) is 3.53. The third kappa shape index (κ3) is 4.36. The van der Waals surface area contributed by atoms with Crippen molar-refractivity contribution in [1.82, 2.24) is 4.72 Å². The molecule has 0 bridgehead atoms. The van der Waals surface area contributed by atoms with Gasteiger partial charge in [-0.25, -0.2) is 13.1 Å². The van der Waals surface area contributed by atoms with E-state index in [-0.39, 0.29) is 11.0 Å². The molecule has 6 heteroatoms. The lowest BCUT2D eigenvalue weighted by Crippen LogP contribution is -2.30. The predicted octanol–water partition coefficient (Wildman–Crippen LogP) is 3.13. The van der Waals surface area contributed by atoms with Gasteiger partial charge in [0.2, 0.25) is 10.0 Å². The van der Waals surface area contributed by atoms with E-state index in [4.69, 9.17) is 4.74 Å². The van der Waals surface area contributed by atoms with Crippen LogP contribution < -0.4 is 14.8 Å². The molecule has 0 fully saturated rings. The van der Waals surface area contributed by atoms with E-state index in [2.05, 4.69) is 23.9 Å². The molecular formula is C16H26N2O3S. The first-order valence-corrected chi connectivity index (χ1v) is 9.59. The number of rotatable bonds is 8. The number of sulfonamides is 1. The summed E-state index contributed by atoms with van der Waals surface area (Å²) in [4.78, 5) is 0.285. The summed E-state index contributed by atoms with van der Waals surface area (Å²) in [7, 11) is -3.45. The summed E-state index contributed by atoms with van der Waals surface area (Å²) in [5, 5.41) is 3.24. The molecule has 1 unspecified atom stereocenters. The molecule has 1 aromatic carbocycles. The summed E-state index contributed by atoms with van der Waals surface area (Å²) < 4.78 is 33.0. The topological polar surface area (TPSA) is 67.4 Å². The SMILES string of the molecule is CCCCCCNS(=O)(=O)c1ccc2c(c1)NCC(CC)O2. The van der Waals surface area contributed by atoms with Crippen molar-refractivity contribution in [3.05, 3.63) is 18.2 Å². The Labute approximate surface area is 133 Å². The van der Waals surface area contributed by atoms with Gasteiger partial charge in [-0.1, -0.05) is 33.1 Å². The Hall–Kier alpha value is -1.27. The van der Waals surface area contributed by atoms with E-state index >= 15 is 0 Å². The molecule has 5 nitrogen and oxygen atoms in total. The quantitative estimate of drug-likeness (QED) is 0.720. The van der Waals surface area contributed by atoms with Gasteiger partial charge in [-0.05, 0) is 31.0 Å². The number of anilines is 1. The van der Waals surface area contributed by atoms with Crippen molar-refractivity contribution in [3.63, 3.8) is 0 Å². The van der Waals surface area contributed by atoms with Crippen LogP contribution >= 0.6 is 0 Å². The van der Waals surface area contributed by atoms with Gasteiger partial charge in [-0.15, -0.1) is 0 Å². The zero-order valence-corrected chi connectivity index (χ0v) is 14.2. The van der Waals surface area contributed by atoms with E-state index in [0.717, 1.165) is 43.5 Å². The van der Waals surface area contributed by atoms with Crippen LogP contribution in [0.3, 0.4) is 0 Å². The molecule has 1 aromatic rings. The van der Waals surface area contributed by atoms with E-state index in [0.29, 0.717) is 13.1 Å². The lowest BCUT2D eigenvalue weighted by atomic mass is 10.2. The Morgan fingerprint density at radius 3 is 2.82 bits per heavy atom. The fourth-order valence-electron chi connectivity index (χ4n) is 2.43. The van der Waals surface area contributed by atoms with E-state index in [1.165, 1.54) is 0 Å². The van der Waals surface area contributed by atoms with E-state index in [1.807, 2.05) is 0 Å². The van der Waals surface area contributed by atoms with E-state index < -0.39 is 10.0 Å². The van der Waals surface area contributed by atoms with Crippen molar-refractivity contribution in [2.45, 2.75) is 57.0 Å². The maximum atomic E-state index is 12.3. The number of unbranched alkanes of at least 4 members (excludes halogenated alkanes) is 3. The second-order valence-corrected chi connectivity index (χ2v) is 7.41. The van der Waals surface area contributed by atoms with Crippen LogP contribution in [0.1, 0.15) is 46.0 Å². The van der Waals surface area contributed by atoms with Crippen LogP contribution in [0.2, 0.25) is 0 Å². The van der Waals surface area contributed by atoms with Crippen LogP contribution in [-0.4, -0.2) is 27.6 Å². The molecular weight excluding hydrogens is 300 g/mol. The third-order valence-electron chi connectivity index (χ3n) is 3.85. The summed E-state index contributed by atoms with van der Waals surface area (Å²) in [5.41, 5.74) is 0.749. The molecule has 2 rings (SSSR count). The number of hydrogen-bond donors (Lipinski definition) is 2. The first-order valence-electron chi connectivity index (χ1n) is 8.11. The summed E-state index contributed by atoms with van der Waals surface area (Å²) in [6, 6.07) is 4.98. The number of ether oxygens (including phenoxy) is 1. The second-order valence-electron chi connectivity index (χ2n) is 5.65. The molecule has 22 heavy (non-hydrogen) atoms. The maximum Gasteiger partial charge on any atom is 0.240 e. The third-order valence-corrected chi connectivity index (χ3v) is 5.31. The van der Waals surface area contributed by atoms with Gasteiger partial charge in [0, 0.05) is 6.54 Å². The largest absolute Gasteiger partial charge is 0.486 e. The van der Waals surface area contributed by atoms with E-state index in [1.54, 1.807) is 18.2 Å². The molecule has 0 spiro atoms. The maximum absolute atomic E-state index is 12.3. The molecule has 0 aromatic heterocycles. The minimum Gasteiger partial charge on any atom is -0.486 e. The summed E-state index contributed by atoms with van der Waals surface area (Å²) in [5.74, 6) is 0.722. The van der Waals surface area contributed by atoms with Crippen molar-refractivity contribution in [2.24, 2.45) is 0 Å². The molecule has 0 saturated carbocycles. The molecule has 1 aliphatic rings. The zero-order valence-electron chi connectivity index (χ0n) is 13.4. The first kappa shape index (κ1) is 17.1. The monoisotopic (exact) mass is 326 g/mol. The average molecular weight is 326 g/mol. The Morgan fingerprint density at radius 2 is 2.09 bits per heavy atom. The standard InChI is InChI=1S/C16H26N2O3S/c1-3-5-6-7-10-18-22(19,20)14-8-9-16-15(11-14)17-12-13(4-2)21-16/h8-9,11,13,17-18H,3-7,10,12H2,1-2H3. The first-order chi connectivity index (χ1) is 10.6. The smallest absolute Gasteiger partial charge is 0.240 e.